The standard InChI is InChI=1S/C20H19ClN2O2S/c1-12-3-4-13(2)20-19(12)17(24)9-16(23-20)10-26-11-18(25)22-15-7-5-14(21)6-8-15/h3-9H,10-11H2,1-2H3,(H,22,25)(H,23,24). The van der Waals surface area contributed by atoms with E-state index in [9.17, 15) is 9.59 Å². The molecule has 0 aliphatic carbocycles. The van der Waals surface area contributed by atoms with E-state index in [-0.39, 0.29) is 11.3 Å². The molecule has 1 aromatic heterocycles. The van der Waals surface area contributed by atoms with Crippen molar-refractivity contribution in [3.05, 3.63) is 74.5 Å². The second-order valence-electron chi connectivity index (χ2n) is 6.16. The summed E-state index contributed by atoms with van der Waals surface area (Å²) in [5.74, 6) is 0.773. The molecule has 0 aliphatic heterocycles. The Kier molecular flexibility index (Phi) is 5.69. The van der Waals surface area contributed by atoms with Gasteiger partial charge in [0, 0.05) is 33.6 Å². The largest absolute Gasteiger partial charge is 0.357 e. The molecule has 3 aromatic rings. The zero-order chi connectivity index (χ0) is 18.7. The molecule has 0 fully saturated rings. The summed E-state index contributed by atoms with van der Waals surface area (Å²) in [5, 5.41) is 4.19. The molecule has 2 aromatic carbocycles. The third-order valence-corrected chi connectivity index (χ3v) is 5.31. The maximum Gasteiger partial charge on any atom is 0.234 e. The molecule has 0 atom stereocenters. The summed E-state index contributed by atoms with van der Waals surface area (Å²) in [7, 11) is 0. The fourth-order valence-electron chi connectivity index (χ4n) is 2.78. The summed E-state index contributed by atoms with van der Waals surface area (Å²) in [5.41, 5.74) is 4.43. The summed E-state index contributed by atoms with van der Waals surface area (Å²) in [6, 6.07) is 12.6. The number of amides is 1. The number of aryl methyl sites for hydroxylation is 2. The number of rotatable bonds is 5. The molecule has 0 saturated heterocycles. The van der Waals surface area contributed by atoms with Gasteiger partial charge in [0.25, 0.3) is 0 Å². The monoisotopic (exact) mass is 386 g/mol. The summed E-state index contributed by atoms with van der Waals surface area (Å²) < 4.78 is 0. The van der Waals surface area contributed by atoms with Crippen LogP contribution in [-0.4, -0.2) is 16.6 Å². The number of anilines is 1. The molecule has 4 nitrogen and oxygen atoms in total. The number of benzene rings is 2. The predicted molar refractivity (Wildman–Crippen MR) is 110 cm³/mol. The Morgan fingerprint density at radius 3 is 2.54 bits per heavy atom. The minimum absolute atomic E-state index is 0.0150. The number of pyridine rings is 1. The zero-order valence-corrected chi connectivity index (χ0v) is 16.1. The third kappa shape index (κ3) is 4.29. The van der Waals surface area contributed by atoms with Crippen molar-refractivity contribution in [2.24, 2.45) is 0 Å². The third-order valence-electron chi connectivity index (χ3n) is 4.08. The number of hydrogen-bond donors (Lipinski definition) is 2. The summed E-state index contributed by atoms with van der Waals surface area (Å²) >= 11 is 7.28. The molecule has 134 valence electrons. The van der Waals surface area contributed by atoms with Crippen molar-refractivity contribution in [2.75, 3.05) is 11.1 Å². The van der Waals surface area contributed by atoms with E-state index in [0.29, 0.717) is 22.2 Å². The van der Waals surface area contributed by atoms with Crippen LogP contribution in [0.4, 0.5) is 5.69 Å². The molecule has 0 spiro atoms. The number of nitrogens with one attached hydrogen (secondary N) is 2. The highest BCUT2D eigenvalue weighted by atomic mass is 35.5. The van der Waals surface area contributed by atoms with E-state index in [4.69, 9.17) is 11.6 Å². The van der Waals surface area contributed by atoms with Gasteiger partial charge in [0.2, 0.25) is 5.91 Å². The van der Waals surface area contributed by atoms with Gasteiger partial charge in [0.15, 0.2) is 5.43 Å². The van der Waals surface area contributed by atoms with Crippen molar-refractivity contribution in [3.8, 4) is 0 Å². The molecule has 0 radical (unpaired) electrons. The van der Waals surface area contributed by atoms with Gasteiger partial charge in [-0.05, 0) is 49.2 Å². The molecule has 0 bridgehead atoms. The average molecular weight is 387 g/mol. The number of fused-ring (bicyclic) bond motifs is 1. The number of carbonyl (C=O) groups is 1. The summed E-state index contributed by atoms with van der Waals surface area (Å²) in [4.78, 5) is 27.8. The van der Waals surface area contributed by atoms with E-state index in [1.165, 1.54) is 11.8 Å². The van der Waals surface area contributed by atoms with Gasteiger partial charge >= 0.3 is 0 Å². The van der Waals surface area contributed by atoms with Crippen molar-refractivity contribution >= 4 is 45.9 Å². The van der Waals surface area contributed by atoms with Crippen LogP contribution in [0.3, 0.4) is 0 Å². The molecule has 6 heteroatoms. The molecule has 3 rings (SSSR count). The second-order valence-corrected chi connectivity index (χ2v) is 7.58. The number of aromatic nitrogens is 1. The number of H-pyrrole nitrogens is 1. The van der Waals surface area contributed by atoms with E-state index in [1.54, 1.807) is 30.3 Å². The van der Waals surface area contributed by atoms with Crippen LogP contribution in [0.1, 0.15) is 16.8 Å². The molecule has 2 N–H and O–H groups in total. The van der Waals surface area contributed by atoms with Gasteiger partial charge in [-0.1, -0.05) is 23.7 Å². The van der Waals surface area contributed by atoms with Gasteiger partial charge in [-0.3, -0.25) is 9.59 Å². The fourth-order valence-corrected chi connectivity index (χ4v) is 3.64. The normalized spacial score (nSPS) is 10.9. The van der Waals surface area contributed by atoms with Crippen LogP contribution in [0.5, 0.6) is 0 Å². The Balaban J connectivity index is 1.64. The number of halogens is 1. The lowest BCUT2D eigenvalue weighted by molar-refractivity contribution is -0.113. The van der Waals surface area contributed by atoms with Crippen LogP contribution in [-0.2, 0) is 10.5 Å². The van der Waals surface area contributed by atoms with Crippen LogP contribution in [0.25, 0.3) is 10.9 Å². The van der Waals surface area contributed by atoms with Gasteiger partial charge < -0.3 is 10.3 Å². The fraction of sp³-hybridized carbons (Fsp3) is 0.200. The van der Waals surface area contributed by atoms with Crippen LogP contribution in [0, 0.1) is 13.8 Å². The van der Waals surface area contributed by atoms with Crippen molar-refractivity contribution in [1.82, 2.24) is 4.98 Å². The highest BCUT2D eigenvalue weighted by molar-refractivity contribution is 7.99. The van der Waals surface area contributed by atoms with Crippen molar-refractivity contribution < 1.29 is 4.79 Å². The van der Waals surface area contributed by atoms with Gasteiger partial charge in [-0.15, -0.1) is 11.8 Å². The van der Waals surface area contributed by atoms with E-state index in [0.717, 1.165) is 27.7 Å². The topological polar surface area (TPSA) is 62.0 Å². The van der Waals surface area contributed by atoms with Crippen LogP contribution < -0.4 is 10.7 Å². The van der Waals surface area contributed by atoms with Crippen LogP contribution in [0.2, 0.25) is 5.02 Å². The molecular formula is C20H19ClN2O2S. The first-order valence-electron chi connectivity index (χ1n) is 8.19. The highest BCUT2D eigenvalue weighted by Gasteiger charge is 2.08. The summed E-state index contributed by atoms with van der Waals surface area (Å²) in [6.07, 6.45) is 0. The Hall–Kier alpha value is -2.24. The Morgan fingerprint density at radius 2 is 1.81 bits per heavy atom. The Labute approximate surface area is 161 Å². The zero-order valence-electron chi connectivity index (χ0n) is 14.6. The molecule has 1 amide bonds. The van der Waals surface area contributed by atoms with E-state index < -0.39 is 0 Å². The maximum absolute atomic E-state index is 12.4. The van der Waals surface area contributed by atoms with Gasteiger partial charge in [0.05, 0.1) is 11.3 Å². The van der Waals surface area contributed by atoms with Crippen LogP contribution in [0.15, 0.2) is 47.3 Å². The minimum Gasteiger partial charge on any atom is -0.357 e. The molecule has 0 aliphatic rings. The molecular weight excluding hydrogens is 368 g/mol. The van der Waals surface area contributed by atoms with E-state index in [2.05, 4.69) is 10.3 Å². The van der Waals surface area contributed by atoms with Gasteiger partial charge in [-0.25, -0.2) is 0 Å². The number of thioether (sulfide) groups is 1. The maximum atomic E-state index is 12.4. The van der Waals surface area contributed by atoms with Crippen molar-refractivity contribution in [3.63, 3.8) is 0 Å². The quantitative estimate of drug-likeness (QED) is 0.669. The molecule has 0 saturated carbocycles. The van der Waals surface area contributed by atoms with Crippen molar-refractivity contribution in [1.29, 1.82) is 0 Å². The first-order chi connectivity index (χ1) is 12.4. The minimum atomic E-state index is -0.0903. The Bertz CT molecular complexity index is 1010. The molecule has 1 heterocycles. The lowest BCUT2D eigenvalue weighted by atomic mass is 10.0. The number of hydrogen-bond acceptors (Lipinski definition) is 3. The molecule has 0 unspecified atom stereocenters. The van der Waals surface area contributed by atoms with Crippen molar-refractivity contribution in [2.45, 2.75) is 19.6 Å². The Morgan fingerprint density at radius 1 is 1.12 bits per heavy atom. The lowest BCUT2D eigenvalue weighted by Crippen LogP contribution is -2.14. The van der Waals surface area contributed by atoms with Gasteiger partial charge in [-0.2, -0.15) is 0 Å². The van der Waals surface area contributed by atoms with Gasteiger partial charge in [0.1, 0.15) is 0 Å². The number of carbonyl (C=O) groups excluding carboxylic acids is 1. The number of aromatic amines is 1. The first-order valence-corrected chi connectivity index (χ1v) is 9.72. The predicted octanol–water partition coefficient (Wildman–Crippen LogP) is 4.67. The average Bonchev–Trinajstić information content (AvgIpc) is 2.60. The lowest BCUT2D eigenvalue weighted by Gasteiger charge is -2.09. The molecule has 26 heavy (non-hydrogen) atoms. The highest BCUT2D eigenvalue weighted by Crippen LogP contribution is 2.19. The first kappa shape index (κ1) is 18.5. The van der Waals surface area contributed by atoms with Crippen LogP contribution >= 0.6 is 23.4 Å². The second kappa shape index (κ2) is 7.98. The van der Waals surface area contributed by atoms with E-state index >= 15 is 0 Å². The SMILES string of the molecule is Cc1ccc(C)c2c(=O)cc(CSCC(=O)Nc3ccc(Cl)cc3)[nH]c12. The smallest absolute Gasteiger partial charge is 0.234 e. The van der Waals surface area contributed by atoms with E-state index in [1.807, 2.05) is 26.0 Å². The summed E-state index contributed by atoms with van der Waals surface area (Å²) in [6.45, 7) is 3.92.